The molecular weight excluding hydrogens is 436 g/mol. The average molecular weight is 467 g/mol. The molecule has 1 aliphatic rings. The highest BCUT2D eigenvalue weighted by Gasteiger charge is 2.21. The number of pyridine rings is 1. The summed E-state index contributed by atoms with van der Waals surface area (Å²) in [6.07, 6.45) is 5.88. The molecule has 0 atom stereocenters. The molecule has 0 unspecified atom stereocenters. The van der Waals surface area contributed by atoms with E-state index in [4.69, 9.17) is 4.98 Å². The molecule has 0 aliphatic heterocycles. The first-order valence-corrected chi connectivity index (χ1v) is 11.7. The number of halogens is 1. The molecule has 0 radical (unpaired) electrons. The fourth-order valence-corrected chi connectivity index (χ4v) is 4.59. The molecule has 158 valence electrons. The Kier molecular flexibility index (Phi) is 6.90. The predicted molar refractivity (Wildman–Crippen MR) is 132 cm³/mol. The summed E-state index contributed by atoms with van der Waals surface area (Å²) in [5.74, 6) is 0.990. The van der Waals surface area contributed by atoms with Crippen LogP contribution in [0.4, 0.5) is 11.5 Å². The van der Waals surface area contributed by atoms with Crippen LogP contribution in [0.2, 0.25) is 0 Å². The maximum Gasteiger partial charge on any atom is 0.128 e. The minimum Gasteiger partial charge on any atom is -0.377 e. The molecule has 1 aromatic heterocycles. The number of hydrogen-bond donors (Lipinski definition) is 2. The minimum atomic E-state index is 0.498. The third kappa shape index (κ3) is 5.32. The molecule has 1 fully saturated rings. The highest BCUT2D eigenvalue weighted by atomic mass is 79.9. The second-order valence-corrected chi connectivity index (χ2v) is 9.38. The van der Waals surface area contributed by atoms with Crippen LogP contribution < -0.4 is 15.5 Å². The molecule has 3 aromatic rings. The van der Waals surface area contributed by atoms with Gasteiger partial charge in [0.2, 0.25) is 0 Å². The van der Waals surface area contributed by atoms with E-state index < -0.39 is 0 Å². The van der Waals surface area contributed by atoms with E-state index in [0.717, 1.165) is 28.8 Å². The Bertz CT molecular complexity index is 963. The van der Waals surface area contributed by atoms with Crippen LogP contribution >= 0.6 is 15.9 Å². The van der Waals surface area contributed by atoms with Gasteiger partial charge in [-0.05, 0) is 62.4 Å². The maximum atomic E-state index is 4.86. The molecule has 2 aromatic carbocycles. The van der Waals surface area contributed by atoms with Crippen LogP contribution in [0.5, 0.6) is 0 Å². The molecule has 4 rings (SSSR count). The van der Waals surface area contributed by atoms with Crippen LogP contribution in [0.15, 0.2) is 59.1 Å². The second kappa shape index (κ2) is 9.80. The van der Waals surface area contributed by atoms with Crippen molar-refractivity contribution in [2.75, 3.05) is 30.9 Å². The lowest BCUT2D eigenvalue weighted by molar-refractivity contribution is 0.355. The Hall–Kier alpha value is -2.11. The van der Waals surface area contributed by atoms with Gasteiger partial charge in [0.05, 0.1) is 5.52 Å². The van der Waals surface area contributed by atoms with Gasteiger partial charge in [-0.15, -0.1) is 0 Å². The van der Waals surface area contributed by atoms with Crippen molar-refractivity contribution in [1.29, 1.82) is 0 Å². The van der Waals surface area contributed by atoms with E-state index in [1.54, 1.807) is 0 Å². The Balaban J connectivity index is 1.29. The van der Waals surface area contributed by atoms with Gasteiger partial charge in [0.1, 0.15) is 5.82 Å². The fourth-order valence-electron chi connectivity index (χ4n) is 4.32. The number of rotatable bonds is 7. The molecule has 30 heavy (non-hydrogen) atoms. The van der Waals surface area contributed by atoms with E-state index >= 15 is 0 Å². The molecule has 1 saturated carbocycles. The first kappa shape index (κ1) is 21.1. The molecule has 4 nitrogen and oxygen atoms in total. The van der Waals surface area contributed by atoms with Crippen LogP contribution in [0, 0.1) is 0 Å². The van der Waals surface area contributed by atoms with Crippen molar-refractivity contribution < 1.29 is 0 Å². The van der Waals surface area contributed by atoms with Crippen LogP contribution in [0.1, 0.15) is 31.2 Å². The van der Waals surface area contributed by atoms with Gasteiger partial charge in [0.15, 0.2) is 0 Å². The van der Waals surface area contributed by atoms with Gasteiger partial charge < -0.3 is 15.5 Å². The largest absolute Gasteiger partial charge is 0.377 e. The number of hydrogen-bond acceptors (Lipinski definition) is 4. The van der Waals surface area contributed by atoms with Gasteiger partial charge >= 0.3 is 0 Å². The number of para-hydroxylation sites is 1. The van der Waals surface area contributed by atoms with Crippen molar-refractivity contribution in [2.24, 2.45) is 0 Å². The average Bonchev–Trinajstić information content (AvgIpc) is 2.76. The Morgan fingerprint density at radius 3 is 2.40 bits per heavy atom. The van der Waals surface area contributed by atoms with Crippen molar-refractivity contribution in [3.63, 3.8) is 0 Å². The quantitative estimate of drug-likeness (QED) is 0.473. The summed E-state index contributed by atoms with van der Waals surface area (Å²) >= 11 is 3.50. The standard InChI is InChI=1S/C25H31BrN4/c1-30(2)24-17-25(29-23-6-4-3-5-22(23)24)28-21-13-11-20(12-14-21)27-16-15-18-7-9-19(26)10-8-18/h3-10,17,20-21,27H,11-16H2,1-2H3,(H,28,29). The Morgan fingerprint density at radius 2 is 1.67 bits per heavy atom. The van der Waals surface area contributed by atoms with Crippen LogP contribution in [0.3, 0.4) is 0 Å². The first-order chi connectivity index (χ1) is 14.6. The third-order valence-corrected chi connectivity index (χ3v) is 6.54. The van der Waals surface area contributed by atoms with E-state index in [2.05, 4.69) is 100 Å². The highest BCUT2D eigenvalue weighted by Crippen LogP contribution is 2.29. The van der Waals surface area contributed by atoms with E-state index in [-0.39, 0.29) is 0 Å². The molecular formula is C25H31BrN4. The lowest BCUT2D eigenvalue weighted by atomic mass is 9.91. The second-order valence-electron chi connectivity index (χ2n) is 8.46. The highest BCUT2D eigenvalue weighted by molar-refractivity contribution is 9.10. The van der Waals surface area contributed by atoms with Gasteiger partial charge in [-0.2, -0.15) is 0 Å². The Labute approximate surface area is 188 Å². The Morgan fingerprint density at radius 1 is 0.967 bits per heavy atom. The zero-order valence-electron chi connectivity index (χ0n) is 17.9. The number of nitrogens with one attached hydrogen (secondary N) is 2. The van der Waals surface area contributed by atoms with Crippen LogP contribution in [-0.4, -0.2) is 37.7 Å². The van der Waals surface area contributed by atoms with E-state index in [1.807, 2.05) is 0 Å². The van der Waals surface area contributed by atoms with Gasteiger partial charge in [0, 0.05) is 47.8 Å². The zero-order chi connectivity index (χ0) is 20.9. The van der Waals surface area contributed by atoms with Gasteiger partial charge in [0.25, 0.3) is 0 Å². The molecule has 5 heteroatoms. The SMILES string of the molecule is CN(C)c1cc(NC2CCC(NCCc3ccc(Br)cc3)CC2)nc2ccccc12. The topological polar surface area (TPSA) is 40.2 Å². The number of anilines is 2. The summed E-state index contributed by atoms with van der Waals surface area (Å²) in [5.41, 5.74) is 3.65. The predicted octanol–water partition coefficient (Wildman–Crippen LogP) is 5.62. The lowest BCUT2D eigenvalue weighted by Crippen LogP contribution is -2.38. The summed E-state index contributed by atoms with van der Waals surface area (Å²) < 4.78 is 1.14. The fraction of sp³-hybridized carbons (Fsp3) is 0.400. The number of nitrogens with zero attached hydrogens (tertiary/aromatic N) is 2. The van der Waals surface area contributed by atoms with Crippen molar-refractivity contribution in [2.45, 2.75) is 44.2 Å². The zero-order valence-corrected chi connectivity index (χ0v) is 19.5. The third-order valence-electron chi connectivity index (χ3n) is 6.02. The molecule has 0 spiro atoms. The van der Waals surface area contributed by atoms with Crippen molar-refractivity contribution in [1.82, 2.24) is 10.3 Å². The van der Waals surface area contributed by atoms with Gasteiger partial charge in [-0.25, -0.2) is 4.98 Å². The first-order valence-electron chi connectivity index (χ1n) is 10.9. The van der Waals surface area contributed by atoms with Crippen molar-refractivity contribution >= 4 is 38.3 Å². The van der Waals surface area contributed by atoms with Crippen LogP contribution in [-0.2, 0) is 6.42 Å². The number of aromatic nitrogens is 1. The van der Waals surface area contributed by atoms with Gasteiger partial charge in [-0.3, -0.25) is 0 Å². The van der Waals surface area contributed by atoms with E-state index in [9.17, 15) is 0 Å². The summed E-state index contributed by atoms with van der Waals surface area (Å²) in [4.78, 5) is 7.03. The monoisotopic (exact) mass is 466 g/mol. The van der Waals surface area contributed by atoms with Crippen molar-refractivity contribution in [3.05, 3.63) is 64.6 Å². The summed E-state index contributed by atoms with van der Waals surface area (Å²) in [6, 6.07) is 20.3. The lowest BCUT2D eigenvalue weighted by Gasteiger charge is -2.30. The molecule has 0 bridgehead atoms. The van der Waals surface area contributed by atoms with E-state index in [1.165, 1.54) is 42.3 Å². The summed E-state index contributed by atoms with van der Waals surface area (Å²) in [5, 5.41) is 8.66. The minimum absolute atomic E-state index is 0.498. The molecule has 1 aliphatic carbocycles. The van der Waals surface area contributed by atoms with Gasteiger partial charge in [-0.1, -0.05) is 46.3 Å². The maximum absolute atomic E-state index is 4.86. The normalized spacial score (nSPS) is 19.0. The molecule has 0 amide bonds. The number of benzene rings is 2. The molecule has 1 heterocycles. The summed E-state index contributed by atoms with van der Waals surface area (Å²) in [7, 11) is 4.19. The molecule has 0 saturated heterocycles. The molecule has 2 N–H and O–H groups in total. The number of fused-ring (bicyclic) bond motifs is 1. The van der Waals surface area contributed by atoms with Crippen LogP contribution in [0.25, 0.3) is 10.9 Å². The van der Waals surface area contributed by atoms with E-state index in [0.29, 0.717) is 12.1 Å². The smallest absolute Gasteiger partial charge is 0.128 e. The summed E-state index contributed by atoms with van der Waals surface area (Å²) in [6.45, 7) is 1.04. The van der Waals surface area contributed by atoms with Crippen molar-refractivity contribution in [3.8, 4) is 0 Å².